The van der Waals surface area contributed by atoms with Gasteiger partial charge in [0, 0.05) is 11.1 Å². The number of fused-ring (bicyclic) bond motifs is 1. The lowest BCUT2D eigenvalue weighted by Gasteiger charge is -2.00. The van der Waals surface area contributed by atoms with Crippen molar-refractivity contribution in [3.8, 4) is 0 Å². The number of nitrogen functional groups attached to an aromatic ring is 1. The first-order valence-corrected chi connectivity index (χ1v) is 7.94. The van der Waals surface area contributed by atoms with Gasteiger partial charge >= 0.3 is 5.97 Å². The quantitative estimate of drug-likeness (QED) is 0.711. The minimum atomic E-state index is -1.06. The molecule has 0 atom stereocenters. The molecule has 3 rings (SSSR count). The third-order valence-corrected chi connectivity index (χ3v) is 5.35. The van der Waals surface area contributed by atoms with Crippen molar-refractivity contribution < 1.29 is 14.3 Å². The lowest BCUT2D eigenvalue weighted by molar-refractivity contribution is 0.0665. The first kappa shape index (κ1) is 14.0. The lowest BCUT2D eigenvalue weighted by atomic mass is 10.2. The van der Waals surface area contributed by atoms with Gasteiger partial charge in [-0.25, -0.2) is 9.78 Å². The van der Waals surface area contributed by atoms with E-state index < -0.39 is 5.97 Å². The molecule has 0 radical (unpaired) electrons. The van der Waals surface area contributed by atoms with E-state index in [9.17, 15) is 4.79 Å². The fraction of sp³-hybridized carbons (Fsp3) is 0.143. The standard InChI is InChI=1S/C14H12N2O3S2/c1-7-13(21-14(15)16-7)20-6-8-2-3-10-9(4-8)5-11(19-10)12(17)18/h2-5H,6H2,1H3,(H2,15,16)(H,17,18). The summed E-state index contributed by atoms with van der Waals surface area (Å²) < 4.78 is 6.34. The van der Waals surface area contributed by atoms with Gasteiger partial charge in [0.25, 0.3) is 0 Å². The number of furan rings is 1. The average molecular weight is 320 g/mol. The number of nitrogens with zero attached hydrogens (tertiary/aromatic N) is 1. The van der Waals surface area contributed by atoms with Crippen molar-refractivity contribution in [2.24, 2.45) is 0 Å². The number of hydrogen-bond acceptors (Lipinski definition) is 6. The average Bonchev–Trinajstić information content (AvgIpc) is 2.99. The van der Waals surface area contributed by atoms with E-state index in [-0.39, 0.29) is 5.76 Å². The minimum absolute atomic E-state index is 0.0409. The number of carboxylic acid groups (broad SMARTS) is 1. The van der Waals surface area contributed by atoms with Gasteiger partial charge in [-0.3, -0.25) is 0 Å². The summed E-state index contributed by atoms with van der Waals surface area (Å²) in [6.07, 6.45) is 0. The third-order valence-electron chi connectivity index (χ3n) is 2.93. The van der Waals surface area contributed by atoms with E-state index in [0.717, 1.165) is 26.6 Å². The molecule has 3 aromatic rings. The Morgan fingerprint density at radius 2 is 2.29 bits per heavy atom. The van der Waals surface area contributed by atoms with Crippen LogP contribution in [0.4, 0.5) is 5.13 Å². The molecular weight excluding hydrogens is 308 g/mol. The number of carbonyl (C=O) groups is 1. The summed E-state index contributed by atoms with van der Waals surface area (Å²) in [7, 11) is 0. The molecule has 0 aliphatic carbocycles. The summed E-state index contributed by atoms with van der Waals surface area (Å²) in [5, 5.41) is 10.3. The van der Waals surface area contributed by atoms with Crippen LogP contribution in [0, 0.1) is 6.92 Å². The fourth-order valence-electron chi connectivity index (χ4n) is 1.97. The Morgan fingerprint density at radius 3 is 2.95 bits per heavy atom. The summed E-state index contributed by atoms with van der Waals surface area (Å²) in [5.41, 5.74) is 8.30. The Balaban J connectivity index is 1.81. The maximum Gasteiger partial charge on any atom is 0.371 e. The first-order chi connectivity index (χ1) is 10.0. The van der Waals surface area contributed by atoms with Gasteiger partial charge in [-0.1, -0.05) is 17.4 Å². The Bertz CT molecular complexity index is 823. The molecule has 0 spiro atoms. The highest BCUT2D eigenvalue weighted by Gasteiger charge is 2.11. The molecule has 0 aliphatic rings. The summed E-state index contributed by atoms with van der Waals surface area (Å²) in [5.74, 6) is -0.329. The van der Waals surface area contributed by atoms with Gasteiger partial charge in [0.2, 0.25) is 5.76 Å². The largest absolute Gasteiger partial charge is 0.475 e. The molecule has 3 N–H and O–H groups in total. The summed E-state index contributed by atoms with van der Waals surface area (Å²) in [4.78, 5) is 15.1. The van der Waals surface area contributed by atoms with E-state index >= 15 is 0 Å². The molecule has 0 unspecified atom stereocenters. The van der Waals surface area contributed by atoms with Gasteiger partial charge < -0.3 is 15.3 Å². The highest BCUT2D eigenvalue weighted by molar-refractivity contribution is 8.00. The van der Waals surface area contributed by atoms with Crippen LogP contribution < -0.4 is 5.73 Å². The van der Waals surface area contributed by atoms with Crippen LogP contribution in [0.5, 0.6) is 0 Å². The number of carboxylic acids is 1. The molecule has 5 nitrogen and oxygen atoms in total. The van der Waals surface area contributed by atoms with Crippen molar-refractivity contribution >= 4 is 45.2 Å². The Kier molecular flexibility index (Phi) is 3.60. The van der Waals surface area contributed by atoms with E-state index in [1.807, 2.05) is 19.1 Å². The molecule has 21 heavy (non-hydrogen) atoms. The molecule has 2 aromatic heterocycles. The van der Waals surface area contributed by atoms with Gasteiger partial charge in [0.15, 0.2) is 5.13 Å². The van der Waals surface area contributed by atoms with E-state index in [1.54, 1.807) is 23.9 Å². The second kappa shape index (κ2) is 5.42. The Morgan fingerprint density at radius 1 is 1.48 bits per heavy atom. The van der Waals surface area contributed by atoms with Gasteiger partial charge in [-0.15, -0.1) is 11.8 Å². The minimum Gasteiger partial charge on any atom is -0.475 e. The maximum absolute atomic E-state index is 10.9. The molecular formula is C14H12N2O3S2. The number of thiazole rings is 1. The third kappa shape index (κ3) is 2.88. The molecule has 7 heteroatoms. The predicted molar refractivity (Wildman–Crippen MR) is 84.0 cm³/mol. The van der Waals surface area contributed by atoms with Crippen LogP contribution in [0.1, 0.15) is 21.8 Å². The van der Waals surface area contributed by atoms with Gasteiger partial charge in [0.1, 0.15) is 5.58 Å². The SMILES string of the molecule is Cc1nc(N)sc1SCc1ccc2oc(C(=O)O)cc2c1. The van der Waals surface area contributed by atoms with Crippen molar-refractivity contribution in [3.63, 3.8) is 0 Å². The zero-order valence-electron chi connectivity index (χ0n) is 11.1. The van der Waals surface area contributed by atoms with E-state index in [2.05, 4.69) is 4.98 Å². The number of nitrogens with two attached hydrogens (primary N) is 1. The highest BCUT2D eigenvalue weighted by Crippen LogP contribution is 2.33. The van der Waals surface area contributed by atoms with E-state index in [4.69, 9.17) is 15.3 Å². The molecule has 0 bridgehead atoms. The van der Waals surface area contributed by atoms with Crippen molar-refractivity contribution in [2.45, 2.75) is 16.9 Å². The topological polar surface area (TPSA) is 89.4 Å². The number of rotatable bonds is 4. The number of benzene rings is 1. The Labute approximate surface area is 128 Å². The van der Waals surface area contributed by atoms with Crippen molar-refractivity contribution in [1.82, 2.24) is 4.98 Å². The molecule has 0 fully saturated rings. The van der Waals surface area contributed by atoms with Crippen LogP contribution in [0.2, 0.25) is 0 Å². The number of aromatic nitrogens is 1. The highest BCUT2D eigenvalue weighted by atomic mass is 32.2. The second-order valence-corrected chi connectivity index (χ2v) is 6.78. The lowest BCUT2D eigenvalue weighted by Crippen LogP contribution is -1.91. The monoisotopic (exact) mass is 320 g/mol. The van der Waals surface area contributed by atoms with Gasteiger partial charge in [0.05, 0.1) is 9.90 Å². The Hall–Kier alpha value is -1.99. The molecule has 0 aliphatic heterocycles. The van der Waals surface area contributed by atoms with Crippen LogP contribution in [0.15, 0.2) is 32.9 Å². The second-order valence-electron chi connectivity index (χ2n) is 4.50. The smallest absolute Gasteiger partial charge is 0.371 e. The maximum atomic E-state index is 10.9. The first-order valence-electron chi connectivity index (χ1n) is 6.14. The molecule has 1 aromatic carbocycles. The normalized spacial score (nSPS) is 11.1. The van der Waals surface area contributed by atoms with Crippen molar-refractivity contribution in [3.05, 3.63) is 41.3 Å². The molecule has 0 saturated carbocycles. The zero-order valence-corrected chi connectivity index (χ0v) is 12.8. The molecule has 0 saturated heterocycles. The number of anilines is 1. The van der Waals surface area contributed by atoms with E-state index in [0.29, 0.717) is 10.7 Å². The number of aryl methyl sites for hydroxylation is 1. The van der Waals surface area contributed by atoms with Crippen LogP contribution in [0.25, 0.3) is 11.0 Å². The zero-order chi connectivity index (χ0) is 15.0. The fourth-order valence-corrected chi connectivity index (χ4v) is 3.94. The van der Waals surface area contributed by atoms with Crippen LogP contribution >= 0.6 is 23.1 Å². The number of hydrogen-bond donors (Lipinski definition) is 2. The van der Waals surface area contributed by atoms with Crippen molar-refractivity contribution in [2.75, 3.05) is 5.73 Å². The summed E-state index contributed by atoms with van der Waals surface area (Å²) >= 11 is 3.15. The van der Waals surface area contributed by atoms with Crippen molar-refractivity contribution in [1.29, 1.82) is 0 Å². The summed E-state index contributed by atoms with van der Waals surface area (Å²) in [6, 6.07) is 7.22. The molecule has 108 valence electrons. The van der Waals surface area contributed by atoms with Gasteiger partial charge in [-0.2, -0.15) is 0 Å². The molecule has 2 heterocycles. The number of aromatic carboxylic acids is 1. The van der Waals surface area contributed by atoms with E-state index in [1.165, 1.54) is 11.3 Å². The van der Waals surface area contributed by atoms with Gasteiger partial charge in [-0.05, 0) is 30.7 Å². The molecule has 0 amide bonds. The van der Waals surface area contributed by atoms with Crippen LogP contribution in [-0.2, 0) is 5.75 Å². The predicted octanol–water partition coefficient (Wildman–Crippen LogP) is 3.77. The van der Waals surface area contributed by atoms with Crippen LogP contribution in [0.3, 0.4) is 0 Å². The summed E-state index contributed by atoms with van der Waals surface area (Å²) in [6.45, 7) is 1.94. The van der Waals surface area contributed by atoms with Crippen LogP contribution in [-0.4, -0.2) is 16.1 Å². The number of thioether (sulfide) groups is 1.